The number of nitrogens with two attached hydrogens (primary N) is 1. The van der Waals surface area contributed by atoms with Gasteiger partial charge in [0.2, 0.25) is 0 Å². The Bertz CT molecular complexity index is 671. The Labute approximate surface area is 103 Å². The topological polar surface area (TPSA) is 52.5 Å². The average Bonchev–Trinajstić information content (AvgIpc) is 2.85. The van der Waals surface area contributed by atoms with Gasteiger partial charge in [-0.2, -0.15) is 0 Å². The highest BCUT2D eigenvalue weighted by molar-refractivity contribution is 7.23. The molecule has 3 rings (SSSR count). The molecule has 4 nitrogen and oxygen atoms in total. The monoisotopic (exact) mass is 247 g/mol. The molecule has 0 radical (unpaired) electrons. The largest absolute Gasteiger partial charge is 0.494 e. The van der Waals surface area contributed by atoms with Crippen molar-refractivity contribution < 1.29 is 4.74 Å². The number of imidazole rings is 1. The lowest BCUT2D eigenvalue weighted by Crippen LogP contribution is -1.95. The third kappa shape index (κ3) is 1.67. The van der Waals surface area contributed by atoms with Crippen molar-refractivity contribution in [2.45, 2.75) is 13.5 Å². The van der Waals surface area contributed by atoms with Gasteiger partial charge in [0.1, 0.15) is 5.75 Å². The zero-order valence-corrected chi connectivity index (χ0v) is 10.3. The van der Waals surface area contributed by atoms with E-state index in [4.69, 9.17) is 10.5 Å². The highest BCUT2D eigenvalue weighted by atomic mass is 32.1. The van der Waals surface area contributed by atoms with Crippen molar-refractivity contribution in [3.63, 3.8) is 0 Å². The first kappa shape index (κ1) is 10.6. The number of nitrogens with zero attached hydrogens (tertiary/aromatic N) is 2. The lowest BCUT2D eigenvalue weighted by molar-refractivity contribution is 0.341. The highest BCUT2D eigenvalue weighted by Gasteiger charge is 2.08. The molecule has 88 valence electrons. The molecule has 0 atom stereocenters. The first-order valence-electron chi connectivity index (χ1n) is 5.55. The molecule has 3 aromatic rings. The predicted molar refractivity (Wildman–Crippen MR) is 69.6 cm³/mol. The molecule has 0 unspecified atom stereocenters. The minimum Gasteiger partial charge on any atom is -0.494 e. The zero-order valence-electron chi connectivity index (χ0n) is 9.51. The zero-order chi connectivity index (χ0) is 11.8. The molecule has 5 heteroatoms. The van der Waals surface area contributed by atoms with E-state index in [9.17, 15) is 0 Å². The summed E-state index contributed by atoms with van der Waals surface area (Å²) >= 11 is 1.65. The Morgan fingerprint density at radius 2 is 2.35 bits per heavy atom. The van der Waals surface area contributed by atoms with E-state index in [0.717, 1.165) is 21.9 Å². The third-order valence-corrected chi connectivity index (χ3v) is 3.65. The number of benzene rings is 1. The lowest BCUT2D eigenvalue weighted by Gasteiger charge is -2.01. The maximum Gasteiger partial charge on any atom is 0.194 e. The average molecular weight is 247 g/mol. The van der Waals surface area contributed by atoms with E-state index < -0.39 is 0 Å². The number of rotatable bonds is 3. The number of hydrogen-bond donors (Lipinski definition) is 1. The van der Waals surface area contributed by atoms with Crippen LogP contribution < -0.4 is 10.5 Å². The van der Waals surface area contributed by atoms with Crippen molar-refractivity contribution in [2.75, 3.05) is 6.61 Å². The van der Waals surface area contributed by atoms with Crippen molar-refractivity contribution in [3.8, 4) is 5.75 Å². The van der Waals surface area contributed by atoms with Crippen LogP contribution in [0, 0.1) is 0 Å². The van der Waals surface area contributed by atoms with E-state index in [1.807, 2.05) is 19.2 Å². The molecule has 17 heavy (non-hydrogen) atoms. The van der Waals surface area contributed by atoms with Gasteiger partial charge in [0.15, 0.2) is 4.96 Å². The molecule has 0 aliphatic heterocycles. The summed E-state index contributed by atoms with van der Waals surface area (Å²) in [5.41, 5.74) is 7.67. The quantitative estimate of drug-likeness (QED) is 0.773. The van der Waals surface area contributed by atoms with Gasteiger partial charge in [-0.25, -0.2) is 4.98 Å². The second-order valence-corrected chi connectivity index (χ2v) is 4.76. The van der Waals surface area contributed by atoms with Gasteiger partial charge >= 0.3 is 0 Å². The molecule has 1 aromatic carbocycles. The van der Waals surface area contributed by atoms with Crippen LogP contribution in [0.15, 0.2) is 24.4 Å². The summed E-state index contributed by atoms with van der Waals surface area (Å²) in [5, 5.41) is 0. The van der Waals surface area contributed by atoms with Gasteiger partial charge < -0.3 is 10.5 Å². The van der Waals surface area contributed by atoms with Crippen LogP contribution in [0.25, 0.3) is 15.2 Å². The van der Waals surface area contributed by atoms with Gasteiger partial charge in [0, 0.05) is 12.7 Å². The van der Waals surface area contributed by atoms with Crippen LogP contribution >= 0.6 is 11.3 Å². The van der Waals surface area contributed by atoms with Crippen molar-refractivity contribution in [3.05, 3.63) is 30.1 Å². The second kappa shape index (κ2) is 4.01. The Balaban J connectivity index is 2.19. The first-order valence-corrected chi connectivity index (χ1v) is 6.37. The minimum absolute atomic E-state index is 0.479. The summed E-state index contributed by atoms with van der Waals surface area (Å²) in [7, 11) is 0. The summed E-state index contributed by atoms with van der Waals surface area (Å²) in [4.78, 5) is 5.44. The second-order valence-electron chi connectivity index (χ2n) is 3.75. The van der Waals surface area contributed by atoms with Crippen molar-refractivity contribution >= 4 is 26.5 Å². The fraction of sp³-hybridized carbons (Fsp3) is 0.250. The van der Waals surface area contributed by atoms with Crippen LogP contribution in [-0.4, -0.2) is 16.0 Å². The normalized spacial score (nSPS) is 11.4. The van der Waals surface area contributed by atoms with Crippen molar-refractivity contribution in [2.24, 2.45) is 5.73 Å². The fourth-order valence-corrected chi connectivity index (χ4v) is 2.94. The summed E-state index contributed by atoms with van der Waals surface area (Å²) in [6.45, 7) is 3.15. The molecular weight excluding hydrogens is 234 g/mol. The maximum atomic E-state index is 5.59. The molecule has 0 aliphatic carbocycles. The number of ether oxygens (including phenoxy) is 1. The Morgan fingerprint density at radius 3 is 3.12 bits per heavy atom. The smallest absolute Gasteiger partial charge is 0.194 e. The summed E-state index contributed by atoms with van der Waals surface area (Å²) in [6.07, 6.45) is 1.99. The molecule has 0 amide bonds. The summed E-state index contributed by atoms with van der Waals surface area (Å²) in [6, 6.07) is 6.10. The SMILES string of the molecule is CCOc1ccc2c(c1)sc1nc(CN)cn12. The number of aromatic nitrogens is 2. The van der Waals surface area contributed by atoms with Gasteiger partial charge in [-0.15, -0.1) is 0 Å². The standard InChI is InChI=1S/C12H13N3OS/c1-2-16-9-3-4-10-11(5-9)17-12-14-8(6-13)7-15(10)12/h3-5,7H,2,6,13H2,1H3. The first-order chi connectivity index (χ1) is 8.31. The number of hydrogen-bond acceptors (Lipinski definition) is 4. The van der Waals surface area contributed by atoms with Crippen LogP contribution in [-0.2, 0) is 6.54 Å². The van der Waals surface area contributed by atoms with Crippen LogP contribution in [0.2, 0.25) is 0 Å². The van der Waals surface area contributed by atoms with Gasteiger partial charge in [-0.3, -0.25) is 4.40 Å². The van der Waals surface area contributed by atoms with E-state index in [2.05, 4.69) is 21.5 Å². The van der Waals surface area contributed by atoms with Crippen molar-refractivity contribution in [1.29, 1.82) is 0 Å². The predicted octanol–water partition coefficient (Wildman–Crippen LogP) is 2.41. The van der Waals surface area contributed by atoms with Gasteiger partial charge in [0.05, 0.1) is 22.5 Å². The van der Waals surface area contributed by atoms with E-state index in [0.29, 0.717) is 13.2 Å². The minimum atomic E-state index is 0.479. The number of fused-ring (bicyclic) bond motifs is 3. The molecule has 2 heterocycles. The molecule has 0 aliphatic rings. The Kier molecular flexibility index (Phi) is 2.49. The molecular formula is C12H13N3OS. The van der Waals surface area contributed by atoms with Crippen LogP contribution in [0.3, 0.4) is 0 Å². The molecule has 0 fully saturated rings. The maximum absolute atomic E-state index is 5.59. The fourth-order valence-electron chi connectivity index (χ4n) is 1.88. The van der Waals surface area contributed by atoms with Gasteiger partial charge in [0.25, 0.3) is 0 Å². The molecule has 0 saturated heterocycles. The van der Waals surface area contributed by atoms with E-state index in [1.165, 1.54) is 4.70 Å². The van der Waals surface area contributed by atoms with Crippen LogP contribution in [0.5, 0.6) is 5.75 Å². The Hall–Kier alpha value is -1.59. The molecule has 0 saturated carbocycles. The van der Waals surface area contributed by atoms with E-state index in [-0.39, 0.29) is 0 Å². The third-order valence-electron chi connectivity index (χ3n) is 2.64. The van der Waals surface area contributed by atoms with Crippen LogP contribution in [0.1, 0.15) is 12.6 Å². The molecule has 2 N–H and O–H groups in total. The van der Waals surface area contributed by atoms with E-state index in [1.54, 1.807) is 11.3 Å². The molecule has 0 bridgehead atoms. The van der Waals surface area contributed by atoms with Gasteiger partial charge in [-0.05, 0) is 25.1 Å². The van der Waals surface area contributed by atoms with E-state index >= 15 is 0 Å². The lowest BCUT2D eigenvalue weighted by atomic mass is 10.3. The number of thiazole rings is 1. The molecule has 0 spiro atoms. The molecule has 2 aromatic heterocycles. The van der Waals surface area contributed by atoms with Crippen LogP contribution in [0.4, 0.5) is 0 Å². The summed E-state index contributed by atoms with van der Waals surface area (Å²) < 4.78 is 8.75. The summed E-state index contributed by atoms with van der Waals surface area (Å²) in [5.74, 6) is 0.906. The van der Waals surface area contributed by atoms with Crippen molar-refractivity contribution in [1.82, 2.24) is 9.38 Å². The van der Waals surface area contributed by atoms with Gasteiger partial charge in [-0.1, -0.05) is 11.3 Å². The highest BCUT2D eigenvalue weighted by Crippen LogP contribution is 2.29. The Morgan fingerprint density at radius 1 is 1.47 bits per heavy atom.